The lowest BCUT2D eigenvalue weighted by molar-refractivity contribution is -0.170. The van der Waals surface area contributed by atoms with Crippen LogP contribution >= 0.6 is 0 Å². The lowest BCUT2D eigenvalue weighted by Crippen LogP contribution is -2.31. The highest BCUT2D eigenvalue weighted by atomic mass is 19.4. The third-order valence-corrected chi connectivity index (χ3v) is 4.54. The molecule has 3 nitrogen and oxygen atoms in total. The molecule has 1 aliphatic heterocycles. The predicted octanol–water partition coefficient (Wildman–Crippen LogP) is 5.30. The average Bonchev–Trinajstić information content (AvgIpc) is 2.71. The zero-order valence-electron chi connectivity index (χ0n) is 15.6. The highest BCUT2D eigenvalue weighted by Crippen LogP contribution is 2.30. The Hall–Kier alpha value is -2.36. The summed E-state index contributed by atoms with van der Waals surface area (Å²) in [5.41, 5.74) is 1.21. The molecule has 0 radical (unpaired) electrons. The Morgan fingerprint density at radius 1 is 1.07 bits per heavy atom. The fraction of sp³-hybridized carbons (Fsp3) is 0.409. The molecule has 1 aliphatic rings. The first kappa shape index (κ1) is 20.4. The van der Waals surface area contributed by atoms with Crippen LogP contribution in [-0.4, -0.2) is 24.5 Å². The molecule has 0 aliphatic carbocycles. The number of ether oxygens (including phenoxy) is 2. The molecule has 148 valence electrons. The van der Waals surface area contributed by atoms with Gasteiger partial charge in [0.2, 0.25) is 6.29 Å². The van der Waals surface area contributed by atoms with Gasteiger partial charge in [0.1, 0.15) is 0 Å². The normalized spacial score (nSPS) is 19.7. The van der Waals surface area contributed by atoms with Gasteiger partial charge >= 0.3 is 6.18 Å². The van der Waals surface area contributed by atoms with Crippen molar-refractivity contribution in [3.05, 3.63) is 53.7 Å². The summed E-state index contributed by atoms with van der Waals surface area (Å²) in [6, 6.07) is 8.44. The van der Waals surface area contributed by atoms with E-state index >= 15 is 0 Å². The highest BCUT2D eigenvalue weighted by molar-refractivity contribution is 5.60. The molecule has 0 amide bonds. The van der Waals surface area contributed by atoms with Crippen LogP contribution in [0.3, 0.4) is 0 Å². The lowest BCUT2D eigenvalue weighted by atomic mass is 10.0. The average molecular weight is 389 g/mol. The summed E-state index contributed by atoms with van der Waals surface area (Å²) in [6.07, 6.45) is 0.149. The van der Waals surface area contributed by atoms with E-state index in [2.05, 4.69) is 23.7 Å². The maximum absolute atomic E-state index is 12.6. The van der Waals surface area contributed by atoms with Gasteiger partial charge in [-0.05, 0) is 36.6 Å². The molecule has 6 heteroatoms. The third-order valence-electron chi connectivity index (χ3n) is 4.54. The predicted molar refractivity (Wildman–Crippen MR) is 100 cm³/mol. The summed E-state index contributed by atoms with van der Waals surface area (Å²) in [5, 5.41) is 0. The molecule has 0 unspecified atom stereocenters. The van der Waals surface area contributed by atoms with Gasteiger partial charge in [-0.1, -0.05) is 37.8 Å². The topological polar surface area (TPSA) is 31.4 Å². The Morgan fingerprint density at radius 2 is 1.79 bits per heavy atom. The van der Waals surface area contributed by atoms with Crippen LogP contribution < -0.4 is 0 Å². The van der Waals surface area contributed by atoms with E-state index in [-0.39, 0.29) is 0 Å². The molecule has 0 atom stereocenters. The van der Waals surface area contributed by atoms with Gasteiger partial charge in [0.05, 0.1) is 24.5 Å². The number of alkyl halides is 3. The molecule has 0 spiro atoms. The Labute approximate surface area is 162 Å². The van der Waals surface area contributed by atoms with Crippen molar-refractivity contribution in [1.82, 2.24) is 4.98 Å². The first-order chi connectivity index (χ1) is 13.5. The van der Waals surface area contributed by atoms with Gasteiger partial charge in [0, 0.05) is 23.2 Å². The second-order valence-electron chi connectivity index (χ2n) is 6.78. The van der Waals surface area contributed by atoms with Gasteiger partial charge in [0.15, 0.2) is 0 Å². The molecule has 28 heavy (non-hydrogen) atoms. The largest absolute Gasteiger partial charge is 0.416 e. The SMILES string of the molecule is CCCCC1COC(C#Cc2ccc(-c3ccc(C(F)(F)F)cc3)nc2)OC1. The quantitative estimate of drug-likeness (QED) is 0.665. The summed E-state index contributed by atoms with van der Waals surface area (Å²) in [7, 11) is 0. The molecule has 0 bridgehead atoms. The fourth-order valence-electron chi connectivity index (χ4n) is 2.90. The minimum absolute atomic E-state index is 0.433. The van der Waals surface area contributed by atoms with Crippen molar-refractivity contribution < 1.29 is 22.6 Å². The van der Waals surface area contributed by atoms with Crippen LogP contribution in [0.2, 0.25) is 0 Å². The van der Waals surface area contributed by atoms with Crippen LogP contribution in [0.25, 0.3) is 11.3 Å². The Kier molecular flexibility index (Phi) is 6.71. The molecule has 1 saturated heterocycles. The molecule has 1 aromatic heterocycles. The first-order valence-corrected chi connectivity index (χ1v) is 9.34. The Morgan fingerprint density at radius 3 is 2.36 bits per heavy atom. The smallest absolute Gasteiger partial charge is 0.342 e. The van der Waals surface area contributed by atoms with Crippen molar-refractivity contribution >= 4 is 0 Å². The van der Waals surface area contributed by atoms with E-state index in [0.29, 0.717) is 36.0 Å². The monoisotopic (exact) mass is 389 g/mol. The zero-order chi connectivity index (χ0) is 20.0. The van der Waals surface area contributed by atoms with Crippen LogP contribution in [0, 0.1) is 17.8 Å². The van der Waals surface area contributed by atoms with Gasteiger partial charge in [-0.15, -0.1) is 0 Å². The molecular formula is C22H22F3NO2. The number of pyridine rings is 1. The second kappa shape index (κ2) is 9.22. The minimum atomic E-state index is -4.34. The number of aromatic nitrogens is 1. The van der Waals surface area contributed by atoms with Crippen LogP contribution in [0.15, 0.2) is 42.6 Å². The third kappa shape index (κ3) is 5.57. The maximum atomic E-state index is 12.6. The number of rotatable bonds is 4. The fourth-order valence-corrected chi connectivity index (χ4v) is 2.90. The van der Waals surface area contributed by atoms with E-state index in [9.17, 15) is 13.2 Å². The van der Waals surface area contributed by atoms with Crippen LogP contribution in [0.1, 0.15) is 37.3 Å². The van der Waals surface area contributed by atoms with E-state index in [1.165, 1.54) is 18.6 Å². The summed E-state index contributed by atoms with van der Waals surface area (Å²) >= 11 is 0. The summed E-state index contributed by atoms with van der Waals surface area (Å²) < 4.78 is 49.2. The Bertz CT molecular complexity index is 812. The van der Waals surface area contributed by atoms with Gasteiger partial charge in [0.25, 0.3) is 0 Å². The molecule has 2 aromatic rings. The number of benzene rings is 1. The van der Waals surface area contributed by atoms with E-state index in [4.69, 9.17) is 9.47 Å². The number of nitrogens with zero attached hydrogens (tertiary/aromatic N) is 1. The highest BCUT2D eigenvalue weighted by Gasteiger charge is 2.30. The summed E-state index contributed by atoms with van der Waals surface area (Å²) in [6.45, 7) is 3.48. The van der Waals surface area contributed by atoms with Crippen LogP contribution in [-0.2, 0) is 15.7 Å². The van der Waals surface area contributed by atoms with E-state index in [1.54, 1.807) is 18.3 Å². The number of hydrogen-bond acceptors (Lipinski definition) is 3. The zero-order valence-corrected chi connectivity index (χ0v) is 15.6. The summed E-state index contributed by atoms with van der Waals surface area (Å²) in [5.74, 6) is 6.34. The standard InChI is InChI=1S/C22H22F3NO2/c1-2-3-4-17-14-27-21(28-15-17)12-6-16-5-11-20(26-13-16)18-7-9-19(10-8-18)22(23,24)25/h5,7-11,13,17,21H,2-4,14-15H2,1H3. The molecule has 0 saturated carbocycles. The molecule has 0 N–H and O–H groups in total. The van der Waals surface area contributed by atoms with Crippen LogP contribution in [0.5, 0.6) is 0 Å². The van der Waals surface area contributed by atoms with Gasteiger partial charge < -0.3 is 9.47 Å². The van der Waals surface area contributed by atoms with E-state index < -0.39 is 18.0 Å². The van der Waals surface area contributed by atoms with Crippen molar-refractivity contribution in [2.24, 2.45) is 5.92 Å². The second-order valence-corrected chi connectivity index (χ2v) is 6.78. The molecule has 1 fully saturated rings. The number of halogens is 3. The van der Waals surface area contributed by atoms with E-state index in [0.717, 1.165) is 25.0 Å². The summed E-state index contributed by atoms with van der Waals surface area (Å²) in [4.78, 5) is 4.28. The van der Waals surface area contributed by atoms with E-state index in [1.807, 2.05) is 0 Å². The maximum Gasteiger partial charge on any atom is 0.416 e. The minimum Gasteiger partial charge on any atom is -0.342 e. The van der Waals surface area contributed by atoms with Gasteiger partial charge in [-0.25, -0.2) is 0 Å². The van der Waals surface area contributed by atoms with Crippen molar-refractivity contribution in [2.75, 3.05) is 13.2 Å². The van der Waals surface area contributed by atoms with Crippen molar-refractivity contribution in [1.29, 1.82) is 0 Å². The molecule has 2 heterocycles. The molecular weight excluding hydrogens is 367 g/mol. The first-order valence-electron chi connectivity index (χ1n) is 9.34. The lowest BCUT2D eigenvalue weighted by Gasteiger charge is -2.26. The Balaban J connectivity index is 1.58. The number of hydrogen-bond donors (Lipinski definition) is 0. The van der Waals surface area contributed by atoms with Crippen molar-refractivity contribution in [3.63, 3.8) is 0 Å². The van der Waals surface area contributed by atoms with Crippen LogP contribution in [0.4, 0.5) is 13.2 Å². The van der Waals surface area contributed by atoms with Crippen molar-refractivity contribution in [3.8, 4) is 23.1 Å². The molecule has 1 aromatic carbocycles. The van der Waals surface area contributed by atoms with Gasteiger partial charge in [-0.3, -0.25) is 4.98 Å². The van der Waals surface area contributed by atoms with Crippen molar-refractivity contribution in [2.45, 2.75) is 38.7 Å². The number of unbranched alkanes of at least 4 members (excludes halogenated alkanes) is 1. The van der Waals surface area contributed by atoms with Gasteiger partial charge in [-0.2, -0.15) is 13.2 Å². The molecule has 3 rings (SSSR count).